The molecular formula is C26H22Br3N3O3S2. The van der Waals surface area contributed by atoms with Gasteiger partial charge in [-0.1, -0.05) is 27.7 Å². The standard InChI is InChI=1S/C26H22Br3N3O3S2/c1-2-35-16-9-7-15(8-10-16)32-25(34)22-17-5-3-4-6-20(17)37-24(22)31-26(32)36-13-21(33)30-23-18(28)11-14(27)12-19(23)29/h7-12H,2-6,13H2,1H3,(H,30,33). The Hall–Kier alpha value is -1.66. The molecule has 1 aliphatic rings. The maximum absolute atomic E-state index is 13.9. The Morgan fingerprint density at radius 3 is 2.54 bits per heavy atom. The van der Waals surface area contributed by atoms with Crippen molar-refractivity contribution in [1.82, 2.24) is 9.55 Å². The van der Waals surface area contributed by atoms with E-state index >= 15 is 0 Å². The minimum Gasteiger partial charge on any atom is -0.494 e. The van der Waals surface area contributed by atoms with Crippen molar-refractivity contribution in [2.45, 2.75) is 37.8 Å². The molecule has 0 fully saturated rings. The van der Waals surface area contributed by atoms with Gasteiger partial charge in [-0.3, -0.25) is 14.2 Å². The zero-order valence-corrected chi connectivity index (χ0v) is 26.2. The number of aryl methyl sites for hydroxylation is 2. The SMILES string of the molecule is CCOc1ccc(-n2c(SCC(=O)Nc3c(Br)cc(Br)cc3Br)nc3sc4c(c3c2=O)CCCC4)cc1. The van der Waals surface area contributed by atoms with E-state index in [2.05, 4.69) is 53.1 Å². The van der Waals surface area contributed by atoms with Gasteiger partial charge in [-0.25, -0.2) is 4.98 Å². The van der Waals surface area contributed by atoms with Crippen molar-refractivity contribution in [3.63, 3.8) is 0 Å². The summed E-state index contributed by atoms with van der Waals surface area (Å²) in [5.41, 5.74) is 2.39. The first-order chi connectivity index (χ1) is 17.9. The topological polar surface area (TPSA) is 73.2 Å². The van der Waals surface area contributed by atoms with E-state index in [9.17, 15) is 9.59 Å². The molecule has 5 rings (SSSR count). The summed E-state index contributed by atoms with van der Waals surface area (Å²) in [5.74, 6) is 0.627. The van der Waals surface area contributed by atoms with E-state index in [0.29, 0.717) is 28.5 Å². The largest absolute Gasteiger partial charge is 0.494 e. The molecule has 192 valence electrons. The highest BCUT2D eigenvalue weighted by atomic mass is 79.9. The lowest BCUT2D eigenvalue weighted by Crippen LogP contribution is -2.23. The second-order valence-corrected chi connectivity index (χ2v) is 13.1. The van der Waals surface area contributed by atoms with Gasteiger partial charge in [0.1, 0.15) is 10.6 Å². The summed E-state index contributed by atoms with van der Waals surface area (Å²) >= 11 is 13.3. The molecule has 0 aliphatic heterocycles. The molecule has 2 aromatic carbocycles. The lowest BCUT2D eigenvalue weighted by atomic mass is 9.97. The van der Waals surface area contributed by atoms with Crippen LogP contribution in [0.5, 0.6) is 5.75 Å². The van der Waals surface area contributed by atoms with Gasteiger partial charge in [-0.2, -0.15) is 0 Å². The van der Waals surface area contributed by atoms with Crippen LogP contribution in [0.4, 0.5) is 5.69 Å². The van der Waals surface area contributed by atoms with Crippen LogP contribution in [-0.2, 0) is 17.6 Å². The van der Waals surface area contributed by atoms with Crippen LogP contribution < -0.4 is 15.6 Å². The number of nitrogens with one attached hydrogen (secondary N) is 1. The van der Waals surface area contributed by atoms with Crippen molar-refractivity contribution in [3.05, 3.63) is 70.6 Å². The van der Waals surface area contributed by atoms with Crippen molar-refractivity contribution in [2.75, 3.05) is 17.7 Å². The van der Waals surface area contributed by atoms with E-state index in [-0.39, 0.29) is 17.2 Å². The first-order valence-corrected chi connectivity index (χ1v) is 15.9. The molecule has 2 aromatic heterocycles. The normalized spacial score (nSPS) is 13.0. The summed E-state index contributed by atoms with van der Waals surface area (Å²) in [5, 5.41) is 4.15. The van der Waals surface area contributed by atoms with Crippen LogP contribution in [0.1, 0.15) is 30.2 Å². The van der Waals surface area contributed by atoms with Crippen LogP contribution in [0.3, 0.4) is 0 Å². The number of aromatic nitrogens is 2. The number of hydrogen-bond donors (Lipinski definition) is 1. The fourth-order valence-corrected chi connectivity index (χ4v) is 8.91. The molecule has 0 unspecified atom stereocenters. The minimum atomic E-state index is -0.202. The second kappa shape index (κ2) is 11.6. The molecule has 0 atom stereocenters. The Bertz CT molecular complexity index is 1530. The summed E-state index contributed by atoms with van der Waals surface area (Å²) in [7, 11) is 0. The average molecular weight is 728 g/mol. The number of hydrogen-bond acceptors (Lipinski definition) is 6. The number of benzene rings is 2. The molecule has 2 heterocycles. The first kappa shape index (κ1) is 26.9. The molecule has 1 N–H and O–H groups in total. The molecule has 0 saturated heterocycles. The predicted molar refractivity (Wildman–Crippen MR) is 162 cm³/mol. The van der Waals surface area contributed by atoms with Crippen LogP contribution in [0, 0.1) is 0 Å². The number of carbonyl (C=O) groups is 1. The highest BCUT2D eigenvalue weighted by Crippen LogP contribution is 2.36. The van der Waals surface area contributed by atoms with Gasteiger partial charge in [-0.15, -0.1) is 11.3 Å². The lowest BCUT2D eigenvalue weighted by molar-refractivity contribution is -0.113. The van der Waals surface area contributed by atoms with E-state index in [4.69, 9.17) is 9.72 Å². The summed E-state index contributed by atoms with van der Waals surface area (Å²) in [6.07, 6.45) is 4.11. The van der Waals surface area contributed by atoms with Gasteiger partial charge in [0.2, 0.25) is 5.91 Å². The number of fused-ring (bicyclic) bond motifs is 3. The van der Waals surface area contributed by atoms with E-state index in [1.807, 2.05) is 43.3 Å². The van der Waals surface area contributed by atoms with Crippen LogP contribution in [0.2, 0.25) is 0 Å². The number of anilines is 1. The number of nitrogens with zero attached hydrogens (tertiary/aromatic N) is 2. The maximum atomic E-state index is 13.9. The number of thioether (sulfide) groups is 1. The molecule has 4 aromatic rings. The molecule has 6 nitrogen and oxygen atoms in total. The van der Waals surface area contributed by atoms with Crippen LogP contribution in [0.25, 0.3) is 15.9 Å². The highest BCUT2D eigenvalue weighted by molar-refractivity contribution is 9.11. The van der Waals surface area contributed by atoms with Gasteiger partial charge in [0, 0.05) is 18.3 Å². The zero-order valence-electron chi connectivity index (χ0n) is 19.8. The number of amides is 1. The van der Waals surface area contributed by atoms with E-state index < -0.39 is 0 Å². The van der Waals surface area contributed by atoms with Gasteiger partial charge in [-0.05, 0) is 106 Å². The molecule has 1 aliphatic carbocycles. The summed E-state index contributed by atoms with van der Waals surface area (Å²) in [4.78, 5) is 33.8. The first-order valence-electron chi connectivity index (χ1n) is 11.7. The fraction of sp³-hybridized carbons (Fsp3) is 0.269. The quantitative estimate of drug-likeness (QED) is 0.156. The Kier molecular flexibility index (Phi) is 8.45. The number of carbonyl (C=O) groups excluding carboxylic acids is 1. The van der Waals surface area contributed by atoms with Crippen molar-refractivity contribution >= 4 is 92.7 Å². The molecule has 0 radical (unpaired) electrons. The van der Waals surface area contributed by atoms with Crippen LogP contribution >= 0.6 is 70.9 Å². The molecule has 1 amide bonds. The monoisotopic (exact) mass is 725 g/mol. The summed E-state index contributed by atoms with van der Waals surface area (Å²) in [6, 6.07) is 11.2. The molecule has 37 heavy (non-hydrogen) atoms. The maximum Gasteiger partial charge on any atom is 0.267 e. The minimum absolute atomic E-state index is 0.0881. The third-order valence-electron chi connectivity index (χ3n) is 5.97. The Morgan fingerprint density at radius 2 is 1.84 bits per heavy atom. The van der Waals surface area contributed by atoms with E-state index in [1.54, 1.807) is 15.9 Å². The number of rotatable bonds is 7. The lowest BCUT2D eigenvalue weighted by Gasteiger charge is -2.14. The van der Waals surface area contributed by atoms with Crippen LogP contribution in [0.15, 0.2) is 59.8 Å². The van der Waals surface area contributed by atoms with Crippen molar-refractivity contribution < 1.29 is 9.53 Å². The number of ether oxygens (including phenoxy) is 1. The number of halogens is 3. The summed E-state index contributed by atoms with van der Waals surface area (Å²) < 4.78 is 9.60. The van der Waals surface area contributed by atoms with E-state index in [1.165, 1.54) is 16.6 Å². The van der Waals surface area contributed by atoms with Crippen molar-refractivity contribution in [1.29, 1.82) is 0 Å². The Balaban J connectivity index is 1.51. The van der Waals surface area contributed by atoms with Gasteiger partial charge in [0.15, 0.2) is 5.16 Å². The molecule has 0 saturated carbocycles. The third kappa shape index (κ3) is 5.71. The summed E-state index contributed by atoms with van der Waals surface area (Å²) in [6.45, 7) is 2.50. The third-order valence-corrected chi connectivity index (χ3v) is 9.80. The smallest absolute Gasteiger partial charge is 0.267 e. The Labute approximate surface area is 247 Å². The molecule has 0 spiro atoms. The molecular weight excluding hydrogens is 706 g/mol. The van der Waals surface area contributed by atoms with Crippen molar-refractivity contribution in [3.8, 4) is 11.4 Å². The van der Waals surface area contributed by atoms with E-state index in [0.717, 1.165) is 55.2 Å². The van der Waals surface area contributed by atoms with Gasteiger partial charge in [0.05, 0.1) is 29.1 Å². The van der Waals surface area contributed by atoms with Crippen molar-refractivity contribution in [2.24, 2.45) is 0 Å². The zero-order chi connectivity index (χ0) is 26.1. The second-order valence-electron chi connectivity index (χ2n) is 8.43. The fourth-order valence-electron chi connectivity index (χ4n) is 4.34. The van der Waals surface area contributed by atoms with Gasteiger partial charge < -0.3 is 10.1 Å². The van der Waals surface area contributed by atoms with Gasteiger partial charge in [0.25, 0.3) is 5.56 Å². The van der Waals surface area contributed by atoms with Crippen LogP contribution in [-0.4, -0.2) is 27.8 Å². The van der Waals surface area contributed by atoms with Gasteiger partial charge >= 0.3 is 0 Å². The highest BCUT2D eigenvalue weighted by Gasteiger charge is 2.23. The molecule has 11 heteroatoms. The average Bonchev–Trinajstić information content (AvgIpc) is 3.24. The predicted octanol–water partition coefficient (Wildman–Crippen LogP) is 7.74. The number of thiophene rings is 1. The molecule has 0 bridgehead atoms. The Morgan fingerprint density at radius 1 is 1.14 bits per heavy atom.